The van der Waals surface area contributed by atoms with Gasteiger partial charge in [0.15, 0.2) is 0 Å². The van der Waals surface area contributed by atoms with Crippen molar-refractivity contribution in [3.63, 3.8) is 0 Å². The number of hydrogen-bond acceptors (Lipinski definition) is 3. The van der Waals surface area contributed by atoms with Gasteiger partial charge in [0, 0.05) is 5.69 Å². The van der Waals surface area contributed by atoms with Gasteiger partial charge < -0.3 is 16.2 Å². The lowest BCUT2D eigenvalue weighted by Crippen LogP contribution is -2.41. The van der Waals surface area contributed by atoms with Gasteiger partial charge in [-0.3, -0.25) is 4.79 Å². The van der Waals surface area contributed by atoms with Crippen molar-refractivity contribution in [2.45, 2.75) is 32.2 Å². The van der Waals surface area contributed by atoms with Gasteiger partial charge in [0.2, 0.25) is 5.91 Å². The van der Waals surface area contributed by atoms with Crippen molar-refractivity contribution in [2.75, 3.05) is 5.73 Å². The molecule has 1 aromatic carbocycles. The van der Waals surface area contributed by atoms with E-state index in [1.165, 1.54) is 0 Å². The standard InChI is InChI=1S/C13H18N2O3/c1-2-4-11(13(17)18)15-12(16)8-9-5-3-6-10(14)7-9/h3,5-7,11H,2,4,8,14H2,1H3,(H,15,16)(H,17,18)/t11-/m1/s1. The molecule has 5 heteroatoms. The van der Waals surface area contributed by atoms with Gasteiger partial charge in [-0.25, -0.2) is 4.79 Å². The van der Waals surface area contributed by atoms with Gasteiger partial charge in [-0.15, -0.1) is 0 Å². The van der Waals surface area contributed by atoms with Gasteiger partial charge in [-0.2, -0.15) is 0 Å². The monoisotopic (exact) mass is 250 g/mol. The van der Waals surface area contributed by atoms with E-state index in [-0.39, 0.29) is 12.3 Å². The molecular formula is C13H18N2O3. The van der Waals surface area contributed by atoms with Crippen LogP contribution in [0, 0.1) is 0 Å². The number of carbonyl (C=O) groups is 2. The Bertz CT molecular complexity index is 432. The van der Waals surface area contributed by atoms with Crippen molar-refractivity contribution in [1.82, 2.24) is 5.32 Å². The highest BCUT2D eigenvalue weighted by Gasteiger charge is 2.18. The maximum atomic E-state index is 11.7. The number of rotatable bonds is 6. The van der Waals surface area contributed by atoms with Crippen molar-refractivity contribution >= 4 is 17.6 Å². The van der Waals surface area contributed by atoms with Gasteiger partial charge in [0.05, 0.1) is 6.42 Å². The highest BCUT2D eigenvalue weighted by atomic mass is 16.4. The minimum absolute atomic E-state index is 0.137. The Balaban J connectivity index is 2.57. The number of carbonyl (C=O) groups excluding carboxylic acids is 1. The summed E-state index contributed by atoms with van der Waals surface area (Å²) in [6, 6.07) is 6.17. The molecule has 0 aliphatic heterocycles. The summed E-state index contributed by atoms with van der Waals surface area (Å²) in [4.78, 5) is 22.6. The maximum Gasteiger partial charge on any atom is 0.326 e. The summed E-state index contributed by atoms with van der Waals surface area (Å²) in [7, 11) is 0. The fourth-order valence-electron chi connectivity index (χ4n) is 1.68. The molecule has 18 heavy (non-hydrogen) atoms. The predicted octanol–water partition coefficient (Wildman–Crippen LogP) is 1.18. The number of benzene rings is 1. The number of carboxylic acid groups (broad SMARTS) is 1. The molecule has 1 atom stereocenters. The molecule has 0 saturated heterocycles. The molecule has 0 spiro atoms. The van der Waals surface area contributed by atoms with Gasteiger partial charge >= 0.3 is 5.97 Å². The largest absolute Gasteiger partial charge is 0.480 e. The first kappa shape index (κ1) is 14.0. The number of nitrogens with one attached hydrogen (secondary N) is 1. The van der Waals surface area contributed by atoms with E-state index in [2.05, 4.69) is 5.32 Å². The van der Waals surface area contributed by atoms with Crippen molar-refractivity contribution < 1.29 is 14.7 Å². The normalized spacial score (nSPS) is 11.8. The third-order valence-electron chi connectivity index (χ3n) is 2.53. The van der Waals surface area contributed by atoms with Crippen molar-refractivity contribution in [3.8, 4) is 0 Å². The average Bonchev–Trinajstić information content (AvgIpc) is 2.28. The van der Waals surface area contributed by atoms with Crippen molar-refractivity contribution in [1.29, 1.82) is 0 Å². The molecule has 0 unspecified atom stereocenters. The van der Waals surface area contributed by atoms with Crippen LogP contribution in [0.15, 0.2) is 24.3 Å². The minimum Gasteiger partial charge on any atom is -0.480 e. The van der Waals surface area contributed by atoms with Crippen LogP contribution in [0.1, 0.15) is 25.3 Å². The Labute approximate surface area is 106 Å². The van der Waals surface area contributed by atoms with Crippen LogP contribution in [0.4, 0.5) is 5.69 Å². The molecule has 0 radical (unpaired) electrons. The van der Waals surface area contributed by atoms with Crippen LogP contribution in [-0.4, -0.2) is 23.0 Å². The third-order valence-corrected chi connectivity index (χ3v) is 2.53. The molecule has 0 aromatic heterocycles. The van der Waals surface area contributed by atoms with E-state index in [0.717, 1.165) is 5.56 Å². The summed E-state index contributed by atoms with van der Waals surface area (Å²) in [6.45, 7) is 1.87. The number of hydrogen-bond donors (Lipinski definition) is 3. The number of nitrogen functional groups attached to an aromatic ring is 1. The predicted molar refractivity (Wildman–Crippen MR) is 69.0 cm³/mol. The maximum absolute atomic E-state index is 11.7. The lowest BCUT2D eigenvalue weighted by atomic mass is 10.1. The Hall–Kier alpha value is -2.04. The lowest BCUT2D eigenvalue weighted by Gasteiger charge is -2.13. The van der Waals surface area contributed by atoms with Gasteiger partial charge in [-0.1, -0.05) is 25.5 Å². The molecule has 0 bridgehead atoms. The van der Waals surface area contributed by atoms with Crippen LogP contribution in [0.2, 0.25) is 0 Å². The van der Waals surface area contributed by atoms with Crippen molar-refractivity contribution in [2.24, 2.45) is 0 Å². The van der Waals surface area contributed by atoms with Crippen LogP contribution in [0.3, 0.4) is 0 Å². The second-order valence-corrected chi connectivity index (χ2v) is 4.17. The summed E-state index contributed by atoms with van der Waals surface area (Å²) in [5.41, 5.74) is 6.96. The molecule has 0 aliphatic carbocycles. The molecule has 1 amide bonds. The Morgan fingerprint density at radius 1 is 1.44 bits per heavy atom. The number of aliphatic carboxylic acids is 1. The fraction of sp³-hybridized carbons (Fsp3) is 0.385. The number of nitrogens with two attached hydrogens (primary N) is 1. The van der Waals surface area contributed by atoms with Crippen LogP contribution in [0.25, 0.3) is 0 Å². The zero-order valence-electron chi connectivity index (χ0n) is 10.3. The lowest BCUT2D eigenvalue weighted by molar-refractivity contribution is -0.141. The molecule has 4 N–H and O–H groups in total. The SMILES string of the molecule is CCC[C@@H](NC(=O)Cc1cccc(N)c1)C(=O)O. The smallest absolute Gasteiger partial charge is 0.326 e. The zero-order valence-corrected chi connectivity index (χ0v) is 10.3. The van der Waals surface area contributed by atoms with E-state index in [0.29, 0.717) is 18.5 Å². The van der Waals surface area contributed by atoms with Crippen LogP contribution in [-0.2, 0) is 16.0 Å². The second-order valence-electron chi connectivity index (χ2n) is 4.17. The van der Waals surface area contributed by atoms with Gasteiger partial charge in [0.1, 0.15) is 6.04 Å². The topological polar surface area (TPSA) is 92.4 Å². The summed E-state index contributed by atoms with van der Waals surface area (Å²) in [6.07, 6.45) is 1.27. The molecule has 0 fully saturated rings. The fourth-order valence-corrected chi connectivity index (χ4v) is 1.68. The highest BCUT2D eigenvalue weighted by Crippen LogP contribution is 2.07. The summed E-state index contributed by atoms with van der Waals surface area (Å²) in [5, 5.41) is 11.4. The first-order chi connectivity index (χ1) is 8.52. The molecule has 1 aromatic rings. The molecule has 0 heterocycles. The summed E-state index contributed by atoms with van der Waals surface area (Å²) >= 11 is 0. The van der Waals surface area contributed by atoms with E-state index < -0.39 is 12.0 Å². The molecular weight excluding hydrogens is 232 g/mol. The quantitative estimate of drug-likeness (QED) is 0.661. The van der Waals surface area contributed by atoms with Gasteiger partial charge in [0.25, 0.3) is 0 Å². The molecule has 5 nitrogen and oxygen atoms in total. The minimum atomic E-state index is -1.00. The Kier molecular flexibility index (Phi) is 5.17. The summed E-state index contributed by atoms with van der Waals surface area (Å²) < 4.78 is 0. The van der Waals surface area contributed by atoms with E-state index in [4.69, 9.17) is 10.8 Å². The Morgan fingerprint density at radius 2 is 2.17 bits per heavy atom. The van der Waals surface area contributed by atoms with E-state index in [1.54, 1.807) is 24.3 Å². The van der Waals surface area contributed by atoms with E-state index >= 15 is 0 Å². The Morgan fingerprint density at radius 3 is 2.72 bits per heavy atom. The average molecular weight is 250 g/mol. The van der Waals surface area contributed by atoms with Gasteiger partial charge in [-0.05, 0) is 24.1 Å². The van der Waals surface area contributed by atoms with Crippen LogP contribution >= 0.6 is 0 Å². The molecule has 1 rings (SSSR count). The summed E-state index contributed by atoms with van der Waals surface area (Å²) in [5.74, 6) is -1.31. The molecule has 0 saturated carbocycles. The third kappa shape index (κ3) is 4.45. The number of carboxylic acids is 1. The highest BCUT2D eigenvalue weighted by molar-refractivity contribution is 5.84. The first-order valence-electron chi connectivity index (χ1n) is 5.89. The molecule has 98 valence electrons. The number of anilines is 1. The van der Waals surface area contributed by atoms with Crippen molar-refractivity contribution in [3.05, 3.63) is 29.8 Å². The molecule has 0 aliphatic rings. The second kappa shape index (κ2) is 6.64. The first-order valence-corrected chi connectivity index (χ1v) is 5.89. The zero-order chi connectivity index (χ0) is 13.5. The van der Waals surface area contributed by atoms with E-state index in [1.807, 2.05) is 6.92 Å². The van der Waals surface area contributed by atoms with Crippen LogP contribution in [0.5, 0.6) is 0 Å². The van der Waals surface area contributed by atoms with Crippen LogP contribution < -0.4 is 11.1 Å². The number of amides is 1. The van der Waals surface area contributed by atoms with E-state index in [9.17, 15) is 9.59 Å².